The van der Waals surface area contributed by atoms with E-state index in [9.17, 15) is 0 Å². The van der Waals surface area contributed by atoms with E-state index >= 15 is 0 Å². The minimum absolute atomic E-state index is 0.579. The van der Waals surface area contributed by atoms with Gasteiger partial charge in [-0.15, -0.1) is 0 Å². The van der Waals surface area contributed by atoms with Crippen LogP contribution in [0.2, 0.25) is 5.02 Å². The van der Waals surface area contributed by atoms with Crippen molar-refractivity contribution in [2.24, 2.45) is 0 Å². The Morgan fingerprint density at radius 2 is 1.96 bits per heavy atom. The van der Waals surface area contributed by atoms with Gasteiger partial charge in [0.1, 0.15) is 0 Å². The number of hydrogen-bond donors (Lipinski definition) is 1. The molecule has 3 aromatic rings. The van der Waals surface area contributed by atoms with Crippen molar-refractivity contribution in [2.75, 3.05) is 13.1 Å². The molecular formula is C18H20ClN5. The van der Waals surface area contributed by atoms with Gasteiger partial charge in [-0.3, -0.25) is 10.00 Å². The highest BCUT2D eigenvalue weighted by molar-refractivity contribution is 6.30. The number of nitrogens with zero attached hydrogens (tertiary/aromatic N) is 4. The Morgan fingerprint density at radius 3 is 2.67 bits per heavy atom. The lowest BCUT2D eigenvalue weighted by Gasteiger charge is -2.32. The molecule has 3 heterocycles. The van der Waals surface area contributed by atoms with Gasteiger partial charge in [0.2, 0.25) is 0 Å². The smallest absolute Gasteiger partial charge is 0.0948 e. The zero-order valence-corrected chi connectivity index (χ0v) is 14.2. The van der Waals surface area contributed by atoms with Gasteiger partial charge in [0.15, 0.2) is 0 Å². The van der Waals surface area contributed by atoms with Gasteiger partial charge in [-0.2, -0.15) is 5.10 Å². The number of aromatic nitrogens is 4. The van der Waals surface area contributed by atoms with Crippen LogP contribution in [0.4, 0.5) is 0 Å². The Balaban J connectivity index is 1.36. The summed E-state index contributed by atoms with van der Waals surface area (Å²) in [6, 6.07) is 10.5. The van der Waals surface area contributed by atoms with Crippen LogP contribution in [0.1, 0.15) is 24.6 Å². The van der Waals surface area contributed by atoms with Crippen LogP contribution in [0.5, 0.6) is 0 Å². The molecule has 0 atom stereocenters. The highest BCUT2D eigenvalue weighted by Gasteiger charge is 2.20. The van der Waals surface area contributed by atoms with E-state index in [0.29, 0.717) is 6.04 Å². The Kier molecular flexibility index (Phi) is 4.36. The predicted octanol–water partition coefficient (Wildman–Crippen LogP) is 3.76. The van der Waals surface area contributed by atoms with Crippen molar-refractivity contribution in [3.63, 3.8) is 0 Å². The number of imidazole rings is 1. The molecule has 0 radical (unpaired) electrons. The van der Waals surface area contributed by atoms with Gasteiger partial charge in [-0.1, -0.05) is 23.7 Å². The van der Waals surface area contributed by atoms with Crippen molar-refractivity contribution < 1.29 is 0 Å². The molecule has 1 saturated heterocycles. The monoisotopic (exact) mass is 341 g/mol. The Hall–Kier alpha value is -2.11. The molecule has 1 aromatic carbocycles. The van der Waals surface area contributed by atoms with Crippen molar-refractivity contribution in [3.8, 4) is 11.3 Å². The van der Waals surface area contributed by atoms with Gasteiger partial charge in [0.05, 0.1) is 12.0 Å². The van der Waals surface area contributed by atoms with Gasteiger partial charge in [0, 0.05) is 54.3 Å². The van der Waals surface area contributed by atoms with Gasteiger partial charge >= 0.3 is 0 Å². The van der Waals surface area contributed by atoms with Gasteiger partial charge in [0.25, 0.3) is 0 Å². The van der Waals surface area contributed by atoms with E-state index in [4.69, 9.17) is 11.6 Å². The molecule has 1 fully saturated rings. The number of likely N-dealkylation sites (tertiary alicyclic amines) is 1. The maximum absolute atomic E-state index is 5.94. The van der Waals surface area contributed by atoms with Gasteiger partial charge < -0.3 is 4.57 Å². The van der Waals surface area contributed by atoms with E-state index in [0.717, 1.165) is 54.4 Å². The second kappa shape index (κ2) is 6.79. The van der Waals surface area contributed by atoms with Crippen molar-refractivity contribution in [3.05, 3.63) is 59.8 Å². The summed E-state index contributed by atoms with van der Waals surface area (Å²) in [7, 11) is 0. The van der Waals surface area contributed by atoms with Crippen molar-refractivity contribution in [2.45, 2.75) is 25.4 Å². The Bertz CT molecular complexity index is 770. The molecule has 5 nitrogen and oxygen atoms in total. The van der Waals surface area contributed by atoms with Crippen LogP contribution in [0.25, 0.3) is 11.3 Å². The SMILES string of the molecule is Clc1ccc(-c2cc(CN3CCC(n4ccnc4)CC3)[nH]n2)cc1. The molecule has 0 saturated carbocycles. The van der Waals surface area contributed by atoms with Crippen LogP contribution < -0.4 is 0 Å². The quantitative estimate of drug-likeness (QED) is 0.786. The third-order valence-corrected chi connectivity index (χ3v) is 4.92. The zero-order valence-electron chi connectivity index (χ0n) is 13.4. The number of halogens is 1. The lowest BCUT2D eigenvalue weighted by molar-refractivity contribution is 0.178. The summed E-state index contributed by atoms with van der Waals surface area (Å²) in [6.45, 7) is 3.10. The molecule has 0 bridgehead atoms. The fourth-order valence-electron chi connectivity index (χ4n) is 3.31. The second-order valence-electron chi connectivity index (χ2n) is 6.30. The first-order valence-corrected chi connectivity index (χ1v) is 8.66. The largest absolute Gasteiger partial charge is 0.334 e. The van der Waals surface area contributed by atoms with E-state index < -0.39 is 0 Å². The summed E-state index contributed by atoms with van der Waals surface area (Å²) < 4.78 is 2.23. The van der Waals surface area contributed by atoms with Crippen LogP contribution in [0.3, 0.4) is 0 Å². The number of H-pyrrole nitrogens is 1. The van der Waals surface area contributed by atoms with E-state index in [1.54, 1.807) is 0 Å². The van der Waals surface area contributed by atoms with Crippen molar-refractivity contribution >= 4 is 11.6 Å². The molecule has 6 heteroatoms. The number of rotatable bonds is 4. The summed E-state index contributed by atoms with van der Waals surface area (Å²) in [4.78, 5) is 6.63. The molecule has 0 aliphatic carbocycles. The number of nitrogens with one attached hydrogen (secondary N) is 1. The Morgan fingerprint density at radius 1 is 1.17 bits per heavy atom. The molecule has 4 rings (SSSR count). The predicted molar refractivity (Wildman–Crippen MR) is 94.8 cm³/mol. The molecule has 1 aliphatic heterocycles. The zero-order chi connectivity index (χ0) is 16.4. The molecule has 0 unspecified atom stereocenters. The van der Waals surface area contributed by atoms with Crippen LogP contribution in [-0.4, -0.2) is 37.7 Å². The van der Waals surface area contributed by atoms with Crippen LogP contribution in [0.15, 0.2) is 49.1 Å². The van der Waals surface area contributed by atoms with Gasteiger partial charge in [-0.05, 0) is 31.0 Å². The fourth-order valence-corrected chi connectivity index (χ4v) is 3.44. The van der Waals surface area contributed by atoms with Crippen molar-refractivity contribution in [1.29, 1.82) is 0 Å². The third kappa shape index (κ3) is 3.37. The summed E-state index contributed by atoms with van der Waals surface area (Å²) in [5.74, 6) is 0. The molecule has 2 aromatic heterocycles. The third-order valence-electron chi connectivity index (χ3n) is 4.67. The summed E-state index contributed by atoms with van der Waals surface area (Å²) in [5.41, 5.74) is 3.21. The number of hydrogen-bond acceptors (Lipinski definition) is 3. The van der Waals surface area contributed by atoms with Crippen LogP contribution in [0, 0.1) is 0 Å². The highest BCUT2D eigenvalue weighted by atomic mass is 35.5. The standard InChI is InChI=1S/C18H20ClN5/c19-15-3-1-14(2-4-15)18-11-16(21-22-18)12-23-8-5-17(6-9-23)24-10-7-20-13-24/h1-4,7,10-11,13,17H,5-6,8-9,12H2,(H,21,22). The van der Waals surface area contributed by atoms with Crippen LogP contribution >= 0.6 is 11.6 Å². The highest BCUT2D eigenvalue weighted by Crippen LogP contribution is 2.24. The molecule has 1 N–H and O–H groups in total. The maximum atomic E-state index is 5.94. The fraction of sp³-hybridized carbons (Fsp3) is 0.333. The van der Waals surface area contributed by atoms with E-state index in [1.807, 2.05) is 36.8 Å². The lowest BCUT2D eigenvalue weighted by Crippen LogP contribution is -2.34. The molecule has 1 aliphatic rings. The normalized spacial score (nSPS) is 16.5. The van der Waals surface area contributed by atoms with E-state index in [2.05, 4.69) is 36.9 Å². The summed E-state index contributed by atoms with van der Waals surface area (Å²) >= 11 is 5.94. The first kappa shape index (κ1) is 15.4. The Labute approximate surface area is 146 Å². The molecule has 124 valence electrons. The number of aromatic amines is 1. The van der Waals surface area contributed by atoms with Gasteiger partial charge in [-0.25, -0.2) is 4.98 Å². The molecule has 24 heavy (non-hydrogen) atoms. The van der Waals surface area contributed by atoms with E-state index in [-0.39, 0.29) is 0 Å². The topological polar surface area (TPSA) is 49.7 Å². The lowest BCUT2D eigenvalue weighted by atomic mass is 10.0. The van der Waals surface area contributed by atoms with E-state index in [1.165, 1.54) is 0 Å². The first-order valence-electron chi connectivity index (χ1n) is 8.28. The first-order chi connectivity index (χ1) is 11.8. The average Bonchev–Trinajstić information content (AvgIpc) is 3.28. The average molecular weight is 342 g/mol. The minimum Gasteiger partial charge on any atom is -0.334 e. The van der Waals surface area contributed by atoms with Crippen molar-refractivity contribution in [1.82, 2.24) is 24.6 Å². The maximum Gasteiger partial charge on any atom is 0.0948 e. The molecule has 0 spiro atoms. The molecular weight excluding hydrogens is 322 g/mol. The minimum atomic E-state index is 0.579. The number of benzene rings is 1. The number of piperidine rings is 1. The summed E-state index contributed by atoms with van der Waals surface area (Å²) in [6.07, 6.45) is 8.17. The second-order valence-corrected chi connectivity index (χ2v) is 6.74. The summed E-state index contributed by atoms with van der Waals surface area (Å²) in [5, 5.41) is 8.34. The van der Waals surface area contributed by atoms with Crippen LogP contribution in [-0.2, 0) is 6.54 Å². The molecule has 0 amide bonds.